The van der Waals surface area contributed by atoms with Gasteiger partial charge in [0.2, 0.25) is 0 Å². The van der Waals surface area contributed by atoms with Gasteiger partial charge in [0.1, 0.15) is 22.7 Å². The highest BCUT2D eigenvalue weighted by molar-refractivity contribution is 6.12. The molecular weight excluding hydrogens is 377 g/mol. The number of carbonyl (C=O) groups is 1. The molecule has 11 heteroatoms. The van der Waals surface area contributed by atoms with Gasteiger partial charge in [0, 0.05) is 18.5 Å². The van der Waals surface area contributed by atoms with Crippen molar-refractivity contribution in [2.24, 2.45) is 0 Å². The molecule has 4 rings (SSSR count). The number of fused-ring (bicyclic) bond motifs is 1. The Kier molecular flexibility index (Phi) is 4.28. The fourth-order valence-corrected chi connectivity index (χ4v) is 2.75. The topological polar surface area (TPSA) is 107 Å². The number of aromatic nitrogens is 4. The normalized spacial score (nSPS) is 14.7. The molecule has 1 amide bonds. The Balaban J connectivity index is 1.67. The number of nitrogen functional groups attached to an aromatic ring is 1. The number of hydrogen-bond donors (Lipinski definition) is 2. The summed E-state index contributed by atoms with van der Waals surface area (Å²) in [5.74, 6) is -0.576. The molecular formula is C17H15F3N6O2. The smallest absolute Gasteiger partial charge is 0.433 e. The molecule has 0 aliphatic heterocycles. The lowest BCUT2D eigenvalue weighted by molar-refractivity contribution is -0.141. The van der Waals surface area contributed by atoms with E-state index in [2.05, 4.69) is 20.4 Å². The van der Waals surface area contributed by atoms with Gasteiger partial charge in [-0.2, -0.15) is 13.2 Å². The molecule has 0 radical (unpaired) electrons. The van der Waals surface area contributed by atoms with E-state index in [1.165, 1.54) is 12.4 Å². The summed E-state index contributed by atoms with van der Waals surface area (Å²) >= 11 is 0. The SMILES string of the molecule is Nc1nn2ccc(C(F)(F)F)nc2c1C(=O)Nc1cnccc1OC1CCC1. The van der Waals surface area contributed by atoms with Crippen LogP contribution >= 0.6 is 0 Å². The minimum atomic E-state index is -4.67. The van der Waals surface area contributed by atoms with Crippen molar-refractivity contribution in [2.75, 3.05) is 11.1 Å². The molecule has 3 aromatic rings. The molecule has 0 atom stereocenters. The zero-order valence-corrected chi connectivity index (χ0v) is 14.4. The van der Waals surface area contributed by atoms with Crippen LogP contribution in [0.3, 0.4) is 0 Å². The van der Waals surface area contributed by atoms with Crippen LogP contribution in [0.15, 0.2) is 30.7 Å². The van der Waals surface area contributed by atoms with E-state index in [-0.39, 0.29) is 28.8 Å². The van der Waals surface area contributed by atoms with Crippen LogP contribution in [0, 0.1) is 0 Å². The fourth-order valence-electron chi connectivity index (χ4n) is 2.75. The highest BCUT2D eigenvalue weighted by atomic mass is 19.4. The van der Waals surface area contributed by atoms with Gasteiger partial charge in [-0.15, -0.1) is 5.10 Å². The third-order valence-corrected chi connectivity index (χ3v) is 4.40. The largest absolute Gasteiger partial charge is 0.488 e. The molecule has 0 bridgehead atoms. The Morgan fingerprint density at radius 3 is 2.79 bits per heavy atom. The first-order valence-electron chi connectivity index (χ1n) is 8.47. The van der Waals surface area contributed by atoms with Crippen molar-refractivity contribution in [1.29, 1.82) is 0 Å². The molecule has 0 spiro atoms. The maximum Gasteiger partial charge on any atom is 0.433 e. The number of hydrogen-bond acceptors (Lipinski definition) is 6. The van der Waals surface area contributed by atoms with Gasteiger partial charge >= 0.3 is 6.18 Å². The molecule has 1 fully saturated rings. The predicted molar refractivity (Wildman–Crippen MR) is 92.9 cm³/mol. The number of nitrogens with two attached hydrogens (primary N) is 1. The Bertz CT molecular complexity index is 1050. The van der Waals surface area contributed by atoms with Crippen molar-refractivity contribution in [2.45, 2.75) is 31.5 Å². The summed E-state index contributed by atoms with van der Waals surface area (Å²) in [5.41, 5.74) is 4.33. The lowest BCUT2D eigenvalue weighted by atomic mass is 9.96. The Morgan fingerprint density at radius 1 is 1.32 bits per heavy atom. The number of rotatable bonds is 4. The lowest BCUT2D eigenvalue weighted by Gasteiger charge is -2.27. The van der Waals surface area contributed by atoms with Crippen LogP contribution in [-0.2, 0) is 6.18 Å². The predicted octanol–water partition coefficient (Wildman–Crippen LogP) is 2.91. The van der Waals surface area contributed by atoms with Gasteiger partial charge in [-0.1, -0.05) is 0 Å². The van der Waals surface area contributed by atoms with E-state index in [1.807, 2.05) is 0 Å². The van der Waals surface area contributed by atoms with Gasteiger partial charge in [0.05, 0.1) is 12.3 Å². The van der Waals surface area contributed by atoms with Crippen LogP contribution in [0.4, 0.5) is 24.7 Å². The quantitative estimate of drug-likeness (QED) is 0.707. The fraction of sp³-hybridized carbons (Fsp3) is 0.294. The molecule has 0 unspecified atom stereocenters. The van der Waals surface area contributed by atoms with E-state index in [0.29, 0.717) is 5.75 Å². The molecule has 3 aromatic heterocycles. The summed E-state index contributed by atoms with van der Waals surface area (Å²) in [6.45, 7) is 0. The first-order valence-corrected chi connectivity index (χ1v) is 8.47. The summed E-state index contributed by atoms with van der Waals surface area (Å²) in [6.07, 6.45) is 2.27. The number of anilines is 2. The molecule has 3 N–H and O–H groups in total. The standard InChI is InChI=1S/C17H15F3N6O2/c18-17(19,20)12-5-7-26-15(24-12)13(14(21)25-26)16(27)23-10-8-22-6-4-11(10)28-9-2-1-3-9/h4-9H,1-3H2,(H2,21,25)(H,23,27). The second-order valence-electron chi connectivity index (χ2n) is 6.34. The maximum absolute atomic E-state index is 13.0. The van der Waals surface area contributed by atoms with E-state index >= 15 is 0 Å². The molecule has 0 aromatic carbocycles. The van der Waals surface area contributed by atoms with Crippen molar-refractivity contribution in [3.63, 3.8) is 0 Å². The van der Waals surface area contributed by atoms with E-state index in [0.717, 1.165) is 36.0 Å². The van der Waals surface area contributed by atoms with Crippen LogP contribution < -0.4 is 15.8 Å². The van der Waals surface area contributed by atoms with Crippen molar-refractivity contribution in [1.82, 2.24) is 19.6 Å². The number of nitrogens with one attached hydrogen (secondary N) is 1. The van der Waals surface area contributed by atoms with Crippen molar-refractivity contribution >= 4 is 23.1 Å². The molecule has 0 saturated heterocycles. The van der Waals surface area contributed by atoms with Gasteiger partial charge < -0.3 is 15.8 Å². The van der Waals surface area contributed by atoms with Gasteiger partial charge in [-0.3, -0.25) is 9.78 Å². The summed E-state index contributed by atoms with van der Waals surface area (Å²) in [6, 6.07) is 2.36. The Labute approximate surface area is 156 Å². The van der Waals surface area contributed by atoms with Crippen molar-refractivity contribution in [3.05, 3.63) is 42.0 Å². The number of alkyl halides is 3. The maximum atomic E-state index is 13.0. The summed E-state index contributed by atoms with van der Waals surface area (Å²) in [4.78, 5) is 20.2. The van der Waals surface area contributed by atoms with E-state index in [9.17, 15) is 18.0 Å². The number of amides is 1. The Hall–Kier alpha value is -3.37. The third-order valence-electron chi connectivity index (χ3n) is 4.40. The van der Waals surface area contributed by atoms with E-state index in [4.69, 9.17) is 10.5 Å². The zero-order chi connectivity index (χ0) is 19.9. The minimum absolute atomic E-state index is 0.0658. The minimum Gasteiger partial charge on any atom is -0.488 e. The zero-order valence-electron chi connectivity index (χ0n) is 14.4. The molecule has 3 heterocycles. The second kappa shape index (κ2) is 6.66. The first-order chi connectivity index (χ1) is 13.3. The summed E-state index contributed by atoms with van der Waals surface area (Å²) in [7, 11) is 0. The van der Waals surface area contributed by atoms with Gasteiger partial charge in [-0.05, 0) is 25.3 Å². The first kappa shape index (κ1) is 18.0. The van der Waals surface area contributed by atoms with Gasteiger partial charge in [0.25, 0.3) is 5.91 Å². The third kappa shape index (κ3) is 3.30. The van der Waals surface area contributed by atoms with E-state index < -0.39 is 17.8 Å². The molecule has 28 heavy (non-hydrogen) atoms. The van der Waals surface area contributed by atoms with Crippen LogP contribution in [0.25, 0.3) is 5.65 Å². The van der Waals surface area contributed by atoms with Crippen LogP contribution in [0.1, 0.15) is 35.3 Å². The highest BCUT2D eigenvalue weighted by Crippen LogP contribution is 2.31. The molecule has 1 aliphatic rings. The summed E-state index contributed by atoms with van der Waals surface area (Å²) in [5, 5.41) is 6.43. The van der Waals surface area contributed by atoms with Gasteiger partial charge in [-0.25, -0.2) is 9.50 Å². The number of carbonyl (C=O) groups excluding carboxylic acids is 1. The summed E-state index contributed by atoms with van der Waals surface area (Å²) < 4.78 is 45.7. The van der Waals surface area contributed by atoms with E-state index in [1.54, 1.807) is 6.07 Å². The highest BCUT2D eigenvalue weighted by Gasteiger charge is 2.34. The lowest BCUT2D eigenvalue weighted by Crippen LogP contribution is -2.25. The number of pyridine rings is 1. The van der Waals surface area contributed by atoms with Crippen LogP contribution in [-0.4, -0.2) is 31.6 Å². The molecule has 8 nitrogen and oxygen atoms in total. The van der Waals surface area contributed by atoms with Crippen molar-refractivity contribution in [3.8, 4) is 5.75 Å². The van der Waals surface area contributed by atoms with Crippen LogP contribution in [0.2, 0.25) is 0 Å². The number of nitrogens with zero attached hydrogens (tertiary/aromatic N) is 4. The molecule has 1 saturated carbocycles. The Morgan fingerprint density at radius 2 is 2.11 bits per heavy atom. The van der Waals surface area contributed by atoms with Crippen LogP contribution in [0.5, 0.6) is 5.75 Å². The number of ether oxygens (including phenoxy) is 1. The molecule has 1 aliphatic carbocycles. The average molecular weight is 392 g/mol. The monoisotopic (exact) mass is 392 g/mol. The van der Waals surface area contributed by atoms with Crippen molar-refractivity contribution < 1.29 is 22.7 Å². The number of halogens is 3. The molecule has 146 valence electrons. The van der Waals surface area contributed by atoms with Gasteiger partial charge in [0.15, 0.2) is 11.5 Å². The average Bonchev–Trinajstić information content (AvgIpc) is 2.93. The second-order valence-corrected chi connectivity index (χ2v) is 6.34.